The molecule has 1 aliphatic rings. The van der Waals surface area contributed by atoms with Gasteiger partial charge in [0.15, 0.2) is 5.13 Å². The maximum absolute atomic E-state index is 13.0. The number of anilines is 1. The Bertz CT molecular complexity index is 1130. The summed E-state index contributed by atoms with van der Waals surface area (Å²) in [5.74, 6) is -0.963. The van der Waals surface area contributed by atoms with Gasteiger partial charge in [0.05, 0.1) is 21.5 Å². The predicted molar refractivity (Wildman–Crippen MR) is 110 cm³/mol. The summed E-state index contributed by atoms with van der Waals surface area (Å²) >= 11 is 1.32. The highest BCUT2D eigenvalue weighted by Crippen LogP contribution is 2.26. The van der Waals surface area contributed by atoms with Crippen LogP contribution in [0.25, 0.3) is 10.2 Å². The Morgan fingerprint density at radius 2 is 1.90 bits per heavy atom. The van der Waals surface area contributed by atoms with Crippen molar-refractivity contribution in [1.29, 1.82) is 0 Å². The van der Waals surface area contributed by atoms with Crippen molar-refractivity contribution < 1.29 is 18.0 Å². The van der Waals surface area contributed by atoms with Gasteiger partial charge in [-0.2, -0.15) is 4.31 Å². The molecule has 150 valence electrons. The molecule has 1 aliphatic heterocycles. The summed E-state index contributed by atoms with van der Waals surface area (Å²) in [6.07, 6.45) is -0.298. The maximum Gasteiger partial charge on any atom is 0.243 e. The highest BCUT2D eigenvalue weighted by molar-refractivity contribution is 7.89. The highest BCUT2D eigenvalue weighted by atomic mass is 32.2. The normalized spacial score (nSPS) is 17.8. The standard InChI is InChI=1S/C19H18N4O4S2/c24-17(22-19-21-14-8-4-5-9-16(14)28-19)12-15-18(25)20-10-11-23(15)29(26,27)13-6-2-1-3-7-13/h1-9,15H,10-12H2,(H,20,25)(H,21,22,24)/t15-/m1/s1. The highest BCUT2D eigenvalue weighted by Gasteiger charge is 2.39. The molecule has 0 aliphatic carbocycles. The molecular weight excluding hydrogens is 412 g/mol. The van der Waals surface area contributed by atoms with Crippen LogP contribution in [0, 0.1) is 0 Å². The van der Waals surface area contributed by atoms with Gasteiger partial charge in [-0.1, -0.05) is 41.7 Å². The van der Waals surface area contributed by atoms with Crippen molar-refractivity contribution >= 4 is 48.5 Å². The van der Waals surface area contributed by atoms with E-state index in [4.69, 9.17) is 0 Å². The van der Waals surface area contributed by atoms with Crippen molar-refractivity contribution in [3.63, 3.8) is 0 Å². The number of para-hydroxylation sites is 1. The van der Waals surface area contributed by atoms with Crippen molar-refractivity contribution in [2.75, 3.05) is 18.4 Å². The number of aromatic nitrogens is 1. The van der Waals surface area contributed by atoms with E-state index in [2.05, 4.69) is 15.6 Å². The second-order valence-electron chi connectivity index (χ2n) is 6.47. The van der Waals surface area contributed by atoms with E-state index in [0.29, 0.717) is 5.13 Å². The van der Waals surface area contributed by atoms with Crippen LogP contribution in [0.1, 0.15) is 6.42 Å². The summed E-state index contributed by atoms with van der Waals surface area (Å²) in [4.78, 5) is 29.4. The number of sulfonamides is 1. The van der Waals surface area contributed by atoms with Gasteiger partial charge in [0, 0.05) is 13.1 Å². The third kappa shape index (κ3) is 4.00. The minimum atomic E-state index is -3.90. The van der Waals surface area contributed by atoms with E-state index in [1.807, 2.05) is 24.3 Å². The molecule has 0 bridgehead atoms. The average Bonchev–Trinajstić information content (AvgIpc) is 3.12. The Morgan fingerprint density at radius 1 is 1.17 bits per heavy atom. The van der Waals surface area contributed by atoms with Crippen LogP contribution in [0.2, 0.25) is 0 Å². The predicted octanol–water partition coefficient (Wildman–Crippen LogP) is 1.81. The van der Waals surface area contributed by atoms with Gasteiger partial charge in [-0.15, -0.1) is 0 Å². The Morgan fingerprint density at radius 3 is 2.66 bits per heavy atom. The fraction of sp³-hybridized carbons (Fsp3) is 0.211. The number of thiazole rings is 1. The first-order valence-electron chi connectivity index (χ1n) is 8.95. The van der Waals surface area contributed by atoms with Crippen LogP contribution in [0.3, 0.4) is 0 Å². The van der Waals surface area contributed by atoms with Crippen LogP contribution in [0.4, 0.5) is 5.13 Å². The molecule has 1 atom stereocenters. The van der Waals surface area contributed by atoms with E-state index in [9.17, 15) is 18.0 Å². The van der Waals surface area contributed by atoms with Gasteiger partial charge in [-0.3, -0.25) is 9.59 Å². The summed E-state index contributed by atoms with van der Waals surface area (Å²) in [6, 6.07) is 14.2. The number of hydrogen-bond donors (Lipinski definition) is 2. The lowest BCUT2D eigenvalue weighted by Gasteiger charge is -2.33. The van der Waals surface area contributed by atoms with Gasteiger partial charge in [-0.05, 0) is 24.3 Å². The van der Waals surface area contributed by atoms with Crippen molar-refractivity contribution in [3.05, 3.63) is 54.6 Å². The van der Waals surface area contributed by atoms with Crippen molar-refractivity contribution in [2.24, 2.45) is 0 Å². The summed E-state index contributed by atoms with van der Waals surface area (Å²) in [7, 11) is -3.90. The van der Waals surface area contributed by atoms with Gasteiger partial charge in [-0.25, -0.2) is 13.4 Å². The molecule has 2 N–H and O–H groups in total. The Balaban J connectivity index is 1.54. The smallest absolute Gasteiger partial charge is 0.243 e. The van der Waals surface area contributed by atoms with Crippen molar-refractivity contribution in [2.45, 2.75) is 17.4 Å². The topological polar surface area (TPSA) is 108 Å². The molecule has 2 amide bonds. The lowest BCUT2D eigenvalue weighted by atomic mass is 10.1. The van der Waals surface area contributed by atoms with Crippen LogP contribution in [0.15, 0.2) is 59.5 Å². The molecule has 2 heterocycles. The number of fused-ring (bicyclic) bond motifs is 1. The molecule has 1 fully saturated rings. The number of amides is 2. The lowest BCUT2D eigenvalue weighted by Crippen LogP contribution is -2.57. The van der Waals surface area contributed by atoms with Crippen molar-refractivity contribution in [1.82, 2.24) is 14.6 Å². The quantitative estimate of drug-likeness (QED) is 0.642. The van der Waals surface area contributed by atoms with Gasteiger partial charge >= 0.3 is 0 Å². The number of carbonyl (C=O) groups is 2. The fourth-order valence-corrected chi connectivity index (χ4v) is 5.67. The van der Waals surface area contributed by atoms with E-state index in [0.717, 1.165) is 14.5 Å². The average molecular weight is 431 g/mol. The molecule has 1 aromatic heterocycles. The summed E-state index contributed by atoms with van der Waals surface area (Å²) in [5.41, 5.74) is 0.761. The minimum Gasteiger partial charge on any atom is -0.353 e. The molecule has 29 heavy (non-hydrogen) atoms. The number of nitrogens with zero attached hydrogens (tertiary/aromatic N) is 2. The Kier molecular flexibility index (Phi) is 5.31. The van der Waals surface area contributed by atoms with Crippen LogP contribution in [-0.2, 0) is 19.6 Å². The maximum atomic E-state index is 13.0. The fourth-order valence-electron chi connectivity index (χ4n) is 3.18. The molecule has 0 spiro atoms. The van der Waals surface area contributed by atoms with Crippen LogP contribution in [0.5, 0.6) is 0 Å². The monoisotopic (exact) mass is 430 g/mol. The molecule has 1 saturated heterocycles. The zero-order valence-electron chi connectivity index (χ0n) is 15.2. The Hall–Kier alpha value is -2.82. The van der Waals surface area contributed by atoms with Gasteiger partial charge < -0.3 is 10.6 Å². The third-order valence-electron chi connectivity index (χ3n) is 4.55. The zero-order chi connectivity index (χ0) is 20.4. The molecular formula is C19H18N4O4S2. The minimum absolute atomic E-state index is 0.0891. The van der Waals surface area contributed by atoms with Crippen LogP contribution >= 0.6 is 11.3 Å². The van der Waals surface area contributed by atoms with Gasteiger partial charge in [0.25, 0.3) is 0 Å². The molecule has 0 saturated carbocycles. The zero-order valence-corrected chi connectivity index (χ0v) is 16.9. The first-order valence-corrected chi connectivity index (χ1v) is 11.2. The number of rotatable bonds is 5. The van der Waals surface area contributed by atoms with E-state index >= 15 is 0 Å². The second kappa shape index (κ2) is 7.90. The number of benzene rings is 2. The van der Waals surface area contributed by atoms with Crippen LogP contribution < -0.4 is 10.6 Å². The van der Waals surface area contributed by atoms with Gasteiger partial charge in [0.1, 0.15) is 6.04 Å². The lowest BCUT2D eigenvalue weighted by molar-refractivity contribution is -0.130. The molecule has 0 radical (unpaired) electrons. The number of carbonyl (C=O) groups excluding carboxylic acids is 2. The van der Waals surface area contributed by atoms with Gasteiger partial charge in [0.2, 0.25) is 21.8 Å². The summed E-state index contributed by atoms with van der Waals surface area (Å²) in [6.45, 7) is 0.295. The molecule has 8 nitrogen and oxygen atoms in total. The second-order valence-corrected chi connectivity index (χ2v) is 9.40. The molecule has 3 aromatic rings. The summed E-state index contributed by atoms with van der Waals surface area (Å²) < 4.78 is 28.0. The summed E-state index contributed by atoms with van der Waals surface area (Å²) in [5, 5.41) is 5.72. The van der Waals surface area contributed by atoms with E-state index < -0.39 is 27.9 Å². The molecule has 4 rings (SSSR count). The largest absolute Gasteiger partial charge is 0.353 e. The first kappa shape index (κ1) is 19.5. The van der Waals surface area contributed by atoms with Crippen LogP contribution in [-0.4, -0.2) is 48.7 Å². The third-order valence-corrected chi connectivity index (χ3v) is 7.42. The molecule has 10 heteroatoms. The SMILES string of the molecule is O=C(C[C@@H]1C(=O)NCCN1S(=O)(=O)c1ccccc1)Nc1nc2ccccc2s1. The first-order chi connectivity index (χ1) is 13.9. The number of nitrogens with one attached hydrogen (secondary N) is 2. The Labute approximate surface area is 171 Å². The van der Waals surface area contributed by atoms with E-state index in [1.165, 1.54) is 23.5 Å². The molecule has 2 aromatic carbocycles. The number of piperazine rings is 1. The molecule has 0 unspecified atom stereocenters. The van der Waals surface area contributed by atoms with E-state index in [1.54, 1.807) is 18.2 Å². The number of hydrogen-bond acceptors (Lipinski definition) is 6. The van der Waals surface area contributed by atoms with E-state index in [-0.39, 0.29) is 24.4 Å². The van der Waals surface area contributed by atoms with Crippen molar-refractivity contribution in [3.8, 4) is 0 Å².